The fourth-order valence-electron chi connectivity index (χ4n) is 3.24. The van der Waals surface area contributed by atoms with Gasteiger partial charge in [-0.05, 0) is 63.1 Å². The second-order valence-corrected chi connectivity index (χ2v) is 10.6. The third-order valence-corrected chi connectivity index (χ3v) is 7.44. The minimum atomic E-state index is -0.465. The molecule has 1 saturated carbocycles. The average Bonchev–Trinajstić information content (AvgIpc) is 3.51. The van der Waals surface area contributed by atoms with Gasteiger partial charge >= 0.3 is 6.09 Å². The first-order valence-corrected chi connectivity index (χ1v) is 13.0. The summed E-state index contributed by atoms with van der Waals surface area (Å²) in [5, 5.41) is 13.9. The minimum absolute atomic E-state index is 0.171. The summed E-state index contributed by atoms with van der Waals surface area (Å²) in [7, 11) is 1.77. The first-order valence-electron chi connectivity index (χ1n) is 11.3. The number of hydrogen-bond donors (Lipinski definition) is 4. The lowest BCUT2D eigenvalue weighted by molar-refractivity contribution is 0.130. The number of benzene rings is 2. The van der Waals surface area contributed by atoms with Crippen LogP contribution in [0.2, 0.25) is 0 Å². The molecule has 0 aliphatic heterocycles. The Kier molecular flexibility index (Phi) is 8.04. The molecule has 4 N–H and O–H groups in total. The number of anilines is 2. The molecule has 10 heteroatoms. The van der Waals surface area contributed by atoms with Crippen molar-refractivity contribution in [1.29, 1.82) is 5.53 Å². The molecule has 4 rings (SSSR count). The van der Waals surface area contributed by atoms with Crippen molar-refractivity contribution >= 4 is 40.6 Å². The molecular weight excluding hydrogens is 480 g/mol. The quantitative estimate of drug-likeness (QED) is 0.216. The van der Waals surface area contributed by atoms with E-state index >= 15 is 0 Å². The number of aromatic nitrogens is 1. The fourth-order valence-corrected chi connectivity index (χ4v) is 5.49. The lowest BCUT2D eigenvalue weighted by Gasteiger charge is -2.11. The molecule has 3 aromatic rings. The molecule has 1 heterocycles. The Morgan fingerprint density at radius 2 is 1.94 bits per heavy atom. The van der Waals surface area contributed by atoms with Gasteiger partial charge in [0, 0.05) is 52.1 Å². The Bertz CT molecular complexity index is 1220. The monoisotopic (exact) mass is 508 g/mol. The third-order valence-electron chi connectivity index (χ3n) is 4.97. The molecule has 1 aromatic heterocycles. The normalized spacial score (nSPS) is 13.4. The van der Waals surface area contributed by atoms with E-state index in [4.69, 9.17) is 10.3 Å². The van der Waals surface area contributed by atoms with Gasteiger partial charge in [0.1, 0.15) is 5.01 Å². The Labute approximate surface area is 213 Å². The van der Waals surface area contributed by atoms with Gasteiger partial charge in [-0.25, -0.2) is 15.3 Å². The van der Waals surface area contributed by atoms with E-state index in [1.54, 1.807) is 24.6 Å². The van der Waals surface area contributed by atoms with Gasteiger partial charge in [0.15, 0.2) is 5.82 Å². The zero-order valence-corrected chi connectivity index (χ0v) is 21.4. The molecule has 0 spiro atoms. The molecule has 0 bridgehead atoms. The van der Waals surface area contributed by atoms with Gasteiger partial charge < -0.3 is 15.4 Å². The van der Waals surface area contributed by atoms with E-state index in [9.17, 15) is 4.79 Å². The standard InChI is InChI=1S/C25H28N6O2S2/c1-15(2)33-25(32)30-17-6-4-16(5-7-17)24-28-13-22(35-24)20-11-8-18(29-23(31-26)14-27-3)12-21(20)34-19-9-10-19/h4-8,11-15,19,26-27,29H,9-10H2,1-3H3,(H,30,32)/b23-14-,31-26?. The molecule has 0 radical (unpaired) electrons. The number of hydrogen-bond acceptors (Lipinski definition) is 9. The van der Waals surface area contributed by atoms with Gasteiger partial charge in [-0.3, -0.25) is 5.32 Å². The number of carbonyl (C=O) groups excluding carboxylic acids is 1. The van der Waals surface area contributed by atoms with Crippen LogP contribution in [-0.4, -0.2) is 29.5 Å². The number of thiazole rings is 1. The van der Waals surface area contributed by atoms with Crippen molar-refractivity contribution in [2.24, 2.45) is 5.11 Å². The van der Waals surface area contributed by atoms with Crippen molar-refractivity contribution in [2.45, 2.75) is 42.9 Å². The maximum absolute atomic E-state index is 11.8. The molecule has 35 heavy (non-hydrogen) atoms. The van der Waals surface area contributed by atoms with E-state index < -0.39 is 6.09 Å². The number of ether oxygens (including phenoxy) is 1. The second kappa shape index (κ2) is 11.4. The zero-order valence-electron chi connectivity index (χ0n) is 19.8. The minimum Gasteiger partial charge on any atom is -0.447 e. The van der Waals surface area contributed by atoms with Crippen molar-refractivity contribution in [2.75, 3.05) is 17.7 Å². The number of carbonyl (C=O) groups is 1. The molecule has 0 unspecified atom stereocenters. The third kappa shape index (κ3) is 6.83. The van der Waals surface area contributed by atoms with E-state index in [-0.39, 0.29) is 6.10 Å². The van der Waals surface area contributed by atoms with Crippen LogP contribution >= 0.6 is 23.1 Å². The maximum Gasteiger partial charge on any atom is 0.411 e. The first-order chi connectivity index (χ1) is 16.9. The Balaban J connectivity index is 1.53. The van der Waals surface area contributed by atoms with Crippen molar-refractivity contribution in [3.63, 3.8) is 0 Å². The van der Waals surface area contributed by atoms with Gasteiger partial charge in [0.05, 0.1) is 11.0 Å². The summed E-state index contributed by atoms with van der Waals surface area (Å²) in [4.78, 5) is 18.8. The highest BCUT2D eigenvalue weighted by Crippen LogP contribution is 2.45. The summed E-state index contributed by atoms with van der Waals surface area (Å²) < 4.78 is 5.12. The smallest absolute Gasteiger partial charge is 0.411 e. The molecule has 182 valence electrons. The van der Waals surface area contributed by atoms with Crippen LogP contribution in [0.4, 0.5) is 16.2 Å². The van der Waals surface area contributed by atoms with Crippen molar-refractivity contribution in [3.8, 4) is 21.0 Å². The van der Waals surface area contributed by atoms with Crippen LogP contribution in [-0.2, 0) is 4.74 Å². The highest BCUT2D eigenvalue weighted by Gasteiger charge is 2.24. The SMILES string of the molecule is CN/C=C(\N=N)Nc1ccc(-c2cnc(-c3ccc(NC(=O)OC(C)C)cc3)s2)c(SC2CC2)c1. The zero-order chi connectivity index (χ0) is 24.8. The van der Waals surface area contributed by atoms with E-state index in [0.717, 1.165) is 26.7 Å². The number of amides is 1. The summed E-state index contributed by atoms with van der Waals surface area (Å²) in [5.74, 6) is 0.443. The molecule has 1 amide bonds. The largest absolute Gasteiger partial charge is 0.447 e. The van der Waals surface area contributed by atoms with Gasteiger partial charge in [0.2, 0.25) is 0 Å². The highest BCUT2D eigenvalue weighted by molar-refractivity contribution is 8.00. The van der Waals surface area contributed by atoms with Crippen molar-refractivity contribution < 1.29 is 9.53 Å². The molecule has 2 aromatic carbocycles. The average molecular weight is 509 g/mol. The lowest BCUT2D eigenvalue weighted by atomic mass is 10.2. The van der Waals surface area contributed by atoms with Crippen LogP contribution < -0.4 is 16.0 Å². The van der Waals surface area contributed by atoms with E-state index in [1.807, 2.05) is 62.1 Å². The maximum atomic E-state index is 11.8. The summed E-state index contributed by atoms with van der Waals surface area (Å²) in [5.41, 5.74) is 11.0. The second-order valence-electron chi connectivity index (χ2n) is 8.27. The van der Waals surface area contributed by atoms with Crippen molar-refractivity contribution in [1.82, 2.24) is 10.3 Å². The lowest BCUT2D eigenvalue weighted by Crippen LogP contribution is -2.17. The highest BCUT2D eigenvalue weighted by atomic mass is 32.2. The molecule has 0 saturated heterocycles. The van der Waals surface area contributed by atoms with Crippen molar-refractivity contribution in [3.05, 3.63) is 60.7 Å². The molecule has 1 aliphatic carbocycles. The van der Waals surface area contributed by atoms with E-state index in [2.05, 4.69) is 38.2 Å². The summed E-state index contributed by atoms with van der Waals surface area (Å²) in [6.45, 7) is 3.63. The summed E-state index contributed by atoms with van der Waals surface area (Å²) in [6, 6.07) is 13.8. The van der Waals surface area contributed by atoms with Gasteiger partial charge in [-0.2, -0.15) is 0 Å². The van der Waals surface area contributed by atoms with Crippen LogP contribution in [0.1, 0.15) is 26.7 Å². The molecule has 8 nitrogen and oxygen atoms in total. The molecule has 1 aliphatic rings. The number of nitrogens with zero attached hydrogens (tertiary/aromatic N) is 2. The fraction of sp³-hybridized carbons (Fsp3) is 0.280. The number of rotatable bonds is 10. The van der Waals surface area contributed by atoms with Crippen LogP contribution in [0.15, 0.2) is 70.7 Å². The summed E-state index contributed by atoms with van der Waals surface area (Å²) in [6.07, 6.45) is 5.39. The Morgan fingerprint density at radius 1 is 1.20 bits per heavy atom. The van der Waals surface area contributed by atoms with Crippen LogP contribution in [0.5, 0.6) is 0 Å². The molecular formula is C25H28N6O2S2. The molecule has 1 fully saturated rings. The molecule has 0 atom stereocenters. The van der Waals surface area contributed by atoms with Gasteiger partial charge in [-0.15, -0.1) is 28.2 Å². The van der Waals surface area contributed by atoms with Crippen LogP contribution in [0, 0.1) is 5.53 Å². The predicted molar refractivity (Wildman–Crippen MR) is 143 cm³/mol. The Hall–Kier alpha value is -3.37. The number of nitrogens with one attached hydrogen (secondary N) is 4. The van der Waals surface area contributed by atoms with E-state index in [1.165, 1.54) is 17.7 Å². The predicted octanol–water partition coefficient (Wildman–Crippen LogP) is 7.15. The van der Waals surface area contributed by atoms with Crippen LogP contribution in [0.3, 0.4) is 0 Å². The Morgan fingerprint density at radius 3 is 2.60 bits per heavy atom. The first kappa shape index (κ1) is 24.7. The number of thioether (sulfide) groups is 1. The van der Waals surface area contributed by atoms with Crippen LogP contribution in [0.25, 0.3) is 21.0 Å². The summed E-state index contributed by atoms with van der Waals surface area (Å²) >= 11 is 3.52. The van der Waals surface area contributed by atoms with Gasteiger partial charge in [-0.1, -0.05) is 6.07 Å². The van der Waals surface area contributed by atoms with E-state index in [0.29, 0.717) is 16.8 Å². The van der Waals surface area contributed by atoms with Gasteiger partial charge in [0.25, 0.3) is 0 Å². The topological polar surface area (TPSA) is 111 Å².